The molecule has 1 heterocycles. The van der Waals surface area contributed by atoms with Gasteiger partial charge in [-0.1, -0.05) is 25.5 Å². The van der Waals surface area contributed by atoms with E-state index in [1.165, 1.54) is 50.8 Å². The van der Waals surface area contributed by atoms with E-state index in [0.717, 1.165) is 12.5 Å². The van der Waals surface area contributed by atoms with E-state index in [1.54, 1.807) is 6.07 Å². The standard InChI is InChI=1S/C16H25NO/c1-2-15-9-3-4-11-17(15)12-6-8-14-7-5-10-16(18)13-14/h5,7,10,13,15,18H,2-4,6,8-9,11-12H2,1H3. The van der Waals surface area contributed by atoms with Crippen molar-refractivity contribution in [3.63, 3.8) is 0 Å². The van der Waals surface area contributed by atoms with Crippen molar-refractivity contribution in [1.82, 2.24) is 4.90 Å². The number of phenols is 1. The first kappa shape index (κ1) is 13.4. The lowest BCUT2D eigenvalue weighted by atomic mass is 9.99. The van der Waals surface area contributed by atoms with Gasteiger partial charge in [0.1, 0.15) is 5.75 Å². The number of likely N-dealkylation sites (tertiary alicyclic amines) is 1. The molecule has 1 aliphatic heterocycles. The highest BCUT2D eigenvalue weighted by Gasteiger charge is 2.19. The lowest BCUT2D eigenvalue weighted by molar-refractivity contribution is 0.142. The van der Waals surface area contributed by atoms with Crippen LogP contribution in [0.3, 0.4) is 0 Å². The molecule has 0 aliphatic carbocycles. The maximum absolute atomic E-state index is 9.43. The van der Waals surface area contributed by atoms with Gasteiger partial charge in [-0.15, -0.1) is 0 Å². The summed E-state index contributed by atoms with van der Waals surface area (Å²) in [6.45, 7) is 4.78. The summed E-state index contributed by atoms with van der Waals surface area (Å²) in [5.41, 5.74) is 1.25. The fourth-order valence-electron chi connectivity index (χ4n) is 3.01. The normalized spacial score (nSPS) is 21.1. The first-order chi connectivity index (χ1) is 8.79. The lowest BCUT2D eigenvalue weighted by Gasteiger charge is -2.35. The average Bonchev–Trinajstić information content (AvgIpc) is 2.39. The van der Waals surface area contributed by atoms with Crippen molar-refractivity contribution in [3.8, 4) is 5.75 Å². The topological polar surface area (TPSA) is 23.5 Å². The second-order valence-electron chi connectivity index (χ2n) is 5.37. The molecule has 2 rings (SSSR count). The van der Waals surface area contributed by atoms with Gasteiger partial charge in [0.15, 0.2) is 0 Å². The molecule has 0 radical (unpaired) electrons. The number of hydrogen-bond acceptors (Lipinski definition) is 2. The Labute approximate surface area is 111 Å². The minimum absolute atomic E-state index is 0.386. The molecule has 0 amide bonds. The van der Waals surface area contributed by atoms with Gasteiger partial charge >= 0.3 is 0 Å². The number of phenolic OH excluding ortho intramolecular Hbond substituents is 1. The van der Waals surface area contributed by atoms with Crippen molar-refractivity contribution >= 4 is 0 Å². The fourth-order valence-corrected chi connectivity index (χ4v) is 3.01. The molecule has 0 aromatic heterocycles. The molecule has 2 nitrogen and oxygen atoms in total. The van der Waals surface area contributed by atoms with Crippen LogP contribution in [0.5, 0.6) is 5.75 Å². The van der Waals surface area contributed by atoms with E-state index < -0.39 is 0 Å². The van der Waals surface area contributed by atoms with E-state index in [-0.39, 0.29) is 0 Å². The van der Waals surface area contributed by atoms with Crippen molar-refractivity contribution in [2.75, 3.05) is 13.1 Å². The van der Waals surface area contributed by atoms with Crippen LogP contribution in [-0.4, -0.2) is 29.1 Å². The Kier molecular flexibility index (Phi) is 5.06. The van der Waals surface area contributed by atoms with Crippen LogP contribution < -0.4 is 0 Å². The third kappa shape index (κ3) is 3.74. The third-order valence-corrected chi connectivity index (χ3v) is 4.04. The summed E-state index contributed by atoms with van der Waals surface area (Å²) in [4.78, 5) is 2.66. The summed E-state index contributed by atoms with van der Waals surface area (Å²) in [5.74, 6) is 0.386. The van der Waals surface area contributed by atoms with Gasteiger partial charge in [-0.2, -0.15) is 0 Å². The highest BCUT2D eigenvalue weighted by Crippen LogP contribution is 2.20. The Hall–Kier alpha value is -1.02. The van der Waals surface area contributed by atoms with Crippen LogP contribution in [0.4, 0.5) is 0 Å². The SMILES string of the molecule is CCC1CCCCN1CCCc1cccc(O)c1. The molecule has 1 aromatic carbocycles. The summed E-state index contributed by atoms with van der Waals surface area (Å²) >= 11 is 0. The van der Waals surface area contributed by atoms with Gasteiger partial charge in [0.05, 0.1) is 0 Å². The van der Waals surface area contributed by atoms with Crippen molar-refractivity contribution in [2.24, 2.45) is 0 Å². The Morgan fingerprint density at radius 3 is 3.00 bits per heavy atom. The molecule has 0 saturated carbocycles. The molecule has 100 valence electrons. The van der Waals surface area contributed by atoms with Gasteiger partial charge in [-0.05, 0) is 62.9 Å². The fraction of sp³-hybridized carbons (Fsp3) is 0.625. The van der Waals surface area contributed by atoms with Gasteiger partial charge in [0.25, 0.3) is 0 Å². The molecule has 1 atom stereocenters. The predicted octanol–water partition coefficient (Wildman–Crippen LogP) is 3.59. The summed E-state index contributed by atoms with van der Waals surface area (Å²) in [6, 6.07) is 8.46. The first-order valence-corrected chi connectivity index (χ1v) is 7.31. The number of piperidine rings is 1. The van der Waals surface area contributed by atoms with E-state index in [4.69, 9.17) is 0 Å². The number of benzene rings is 1. The number of rotatable bonds is 5. The first-order valence-electron chi connectivity index (χ1n) is 7.31. The number of hydrogen-bond donors (Lipinski definition) is 1. The Bertz CT molecular complexity index is 364. The number of aryl methyl sites for hydroxylation is 1. The minimum Gasteiger partial charge on any atom is -0.508 e. The van der Waals surface area contributed by atoms with Gasteiger partial charge < -0.3 is 10.0 Å². The number of nitrogens with zero attached hydrogens (tertiary/aromatic N) is 1. The van der Waals surface area contributed by atoms with Gasteiger partial charge in [0.2, 0.25) is 0 Å². The summed E-state index contributed by atoms with van der Waals surface area (Å²) in [5, 5.41) is 9.43. The van der Waals surface area contributed by atoms with E-state index in [9.17, 15) is 5.11 Å². The molecule has 1 N–H and O–H groups in total. The molecule has 1 fully saturated rings. The highest BCUT2D eigenvalue weighted by molar-refractivity contribution is 5.27. The maximum Gasteiger partial charge on any atom is 0.115 e. The van der Waals surface area contributed by atoms with Gasteiger partial charge in [-0.3, -0.25) is 0 Å². The Morgan fingerprint density at radius 1 is 1.33 bits per heavy atom. The molecular formula is C16H25NO. The minimum atomic E-state index is 0.386. The molecule has 18 heavy (non-hydrogen) atoms. The summed E-state index contributed by atoms with van der Waals surface area (Å²) in [6.07, 6.45) is 7.69. The zero-order chi connectivity index (χ0) is 12.8. The van der Waals surface area contributed by atoms with Crippen LogP contribution in [0.25, 0.3) is 0 Å². The summed E-state index contributed by atoms with van der Waals surface area (Å²) < 4.78 is 0. The van der Waals surface area contributed by atoms with E-state index in [2.05, 4.69) is 17.9 Å². The quantitative estimate of drug-likeness (QED) is 0.859. The molecule has 0 spiro atoms. The van der Waals surface area contributed by atoms with Crippen LogP contribution in [-0.2, 0) is 6.42 Å². The van der Waals surface area contributed by atoms with Crippen LogP contribution >= 0.6 is 0 Å². The average molecular weight is 247 g/mol. The third-order valence-electron chi connectivity index (χ3n) is 4.04. The van der Waals surface area contributed by atoms with Crippen LogP contribution in [0.2, 0.25) is 0 Å². The zero-order valence-electron chi connectivity index (χ0n) is 11.4. The smallest absolute Gasteiger partial charge is 0.115 e. The van der Waals surface area contributed by atoms with Crippen LogP contribution in [0.15, 0.2) is 24.3 Å². The molecule has 2 heteroatoms. The lowest BCUT2D eigenvalue weighted by Crippen LogP contribution is -2.39. The molecule has 0 bridgehead atoms. The van der Waals surface area contributed by atoms with Gasteiger partial charge in [0, 0.05) is 6.04 Å². The van der Waals surface area contributed by atoms with Crippen LogP contribution in [0, 0.1) is 0 Å². The second kappa shape index (κ2) is 6.79. The van der Waals surface area contributed by atoms with Crippen molar-refractivity contribution in [1.29, 1.82) is 0 Å². The maximum atomic E-state index is 9.43. The Morgan fingerprint density at radius 2 is 2.22 bits per heavy atom. The van der Waals surface area contributed by atoms with Crippen molar-refractivity contribution < 1.29 is 5.11 Å². The van der Waals surface area contributed by atoms with Crippen molar-refractivity contribution in [2.45, 2.75) is 51.5 Å². The van der Waals surface area contributed by atoms with E-state index in [1.807, 2.05) is 12.1 Å². The van der Waals surface area contributed by atoms with E-state index >= 15 is 0 Å². The highest BCUT2D eigenvalue weighted by atomic mass is 16.3. The predicted molar refractivity (Wildman–Crippen MR) is 75.9 cm³/mol. The molecule has 1 unspecified atom stereocenters. The largest absolute Gasteiger partial charge is 0.508 e. The summed E-state index contributed by atoms with van der Waals surface area (Å²) in [7, 11) is 0. The molecule has 1 saturated heterocycles. The molecule has 1 aliphatic rings. The van der Waals surface area contributed by atoms with Gasteiger partial charge in [-0.25, -0.2) is 0 Å². The van der Waals surface area contributed by atoms with E-state index in [0.29, 0.717) is 5.75 Å². The van der Waals surface area contributed by atoms with Crippen LogP contribution in [0.1, 0.15) is 44.6 Å². The molecular weight excluding hydrogens is 222 g/mol. The number of aromatic hydroxyl groups is 1. The van der Waals surface area contributed by atoms with Crippen molar-refractivity contribution in [3.05, 3.63) is 29.8 Å². The monoisotopic (exact) mass is 247 g/mol. The molecule has 1 aromatic rings. The second-order valence-corrected chi connectivity index (χ2v) is 5.37. The zero-order valence-corrected chi connectivity index (χ0v) is 11.4. The Balaban J connectivity index is 1.77.